The highest BCUT2D eigenvalue weighted by Crippen LogP contribution is 2.43. The van der Waals surface area contributed by atoms with Crippen LogP contribution in [0.25, 0.3) is 6.08 Å². The molecule has 7 heteroatoms. The van der Waals surface area contributed by atoms with Crippen molar-refractivity contribution >= 4 is 21.7 Å². The van der Waals surface area contributed by atoms with E-state index in [1.807, 2.05) is 48.2 Å². The molecule has 0 aliphatic carbocycles. The van der Waals surface area contributed by atoms with Gasteiger partial charge in [-0.25, -0.2) is 8.42 Å². The van der Waals surface area contributed by atoms with Crippen molar-refractivity contribution in [2.45, 2.75) is 25.9 Å². The van der Waals surface area contributed by atoms with Gasteiger partial charge in [-0.2, -0.15) is 0 Å². The largest absolute Gasteiger partial charge is 0.477 e. The molecule has 2 aromatic rings. The molecule has 6 nitrogen and oxygen atoms in total. The van der Waals surface area contributed by atoms with E-state index in [1.54, 1.807) is 6.08 Å². The van der Waals surface area contributed by atoms with E-state index in [2.05, 4.69) is 0 Å². The third kappa shape index (κ3) is 3.24. The molecule has 1 saturated heterocycles. The number of fused-ring (bicyclic) bond motifs is 2. The minimum atomic E-state index is -2.96. The average molecular weight is 411 g/mol. The lowest BCUT2D eigenvalue weighted by Crippen LogP contribution is -2.41. The Hall–Kier alpha value is -2.64. The van der Waals surface area contributed by atoms with Crippen molar-refractivity contribution in [3.63, 3.8) is 0 Å². The summed E-state index contributed by atoms with van der Waals surface area (Å²) in [6, 6.07) is 11.4. The Morgan fingerprint density at radius 3 is 2.69 bits per heavy atom. The number of benzene rings is 2. The number of carbonyl (C=O) groups excluding carboxylic acids is 1. The molecule has 2 aromatic carbocycles. The second-order valence-corrected chi connectivity index (χ2v) is 10.0. The summed E-state index contributed by atoms with van der Waals surface area (Å²) in [7, 11) is -2.96. The SMILES string of the molecule is Cc1c2c(cc3c1OC(=Cc1ccccc1)C3=O)CN(C1CCS(=O)(=O)C1)CO2. The number of allylic oxidation sites excluding steroid dienone is 1. The summed E-state index contributed by atoms with van der Waals surface area (Å²) in [6.45, 7) is 2.80. The van der Waals surface area contributed by atoms with Gasteiger partial charge in [0.25, 0.3) is 0 Å². The zero-order chi connectivity index (χ0) is 20.2. The molecule has 150 valence electrons. The van der Waals surface area contributed by atoms with E-state index in [0.717, 1.165) is 22.4 Å². The molecule has 3 aliphatic rings. The highest BCUT2D eigenvalue weighted by Gasteiger charge is 2.37. The van der Waals surface area contributed by atoms with Gasteiger partial charge in [-0.3, -0.25) is 9.69 Å². The van der Waals surface area contributed by atoms with Gasteiger partial charge in [0.2, 0.25) is 5.78 Å². The van der Waals surface area contributed by atoms with Crippen LogP contribution in [0.5, 0.6) is 11.5 Å². The number of carbonyl (C=O) groups is 1. The quantitative estimate of drug-likeness (QED) is 0.708. The van der Waals surface area contributed by atoms with E-state index >= 15 is 0 Å². The molecule has 5 rings (SSSR count). The maximum Gasteiger partial charge on any atom is 0.231 e. The molecule has 0 radical (unpaired) electrons. The third-order valence-electron chi connectivity index (χ3n) is 5.79. The standard InChI is InChI=1S/C22H21NO5S/c1-14-21-16(11-23(13-27-21)17-7-8-29(25,26)12-17)10-18-20(24)19(28-22(14)18)9-15-5-3-2-4-6-15/h2-6,9-10,17H,7-8,11-13H2,1H3. The molecule has 0 spiro atoms. The molecule has 0 amide bonds. The molecule has 3 heterocycles. The van der Waals surface area contributed by atoms with E-state index < -0.39 is 9.84 Å². The first-order chi connectivity index (χ1) is 13.9. The first kappa shape index (κ1) is 18.4. The fourth-order valence-electron chi connectivity index (χ4n) is 4.26. The Balaban J connectivity index is 1.45. The van der Waals surface area contributed by atoms with E-state index in [0.29, 0.717) is 36.8 Å². The molecule has 0 saturated carbocycles. The molecular formula is C22H21NO5S. The summed E-state index contributed by atoms with van der Waals surface area (Å²) < 4.78 is 35.6. The third-order valence-corrected chi connectivity index (χ3v) is 7.54. The zero-order valence-electron chi connectivity index (χ0n) is 16.1. The van der Waals surface area contributed by atoms with Crippen LogP contribution in [0.3, 0.4) is 0 Å². The summed E-state index contributed by atoms with van der Waals surface area (Å²) in [5, 5.41) is 0. The van der Waals surface area contributed by atoms with Crippen LogP contribution in [0.15, 0.2) is 42.2 Å². The van der Waals surface area contributed by atoms with Gasteiger partial charge in [-0.1, -0.05) is 30.3 Å². The molecule has 0 aromatic heterocycles. The number of Topliss-reactive ketones (excluding diaryl/α,β-unsaturated/α-hetero) is 1. The number of hydrogen-bond acceptors (Lipinski definition) is 6. The van der Waals surface area contributed by atoms with Crippen LogP contribution in [0.4, 0.5) is 0 Å². The molecule has 0 bridgehead atoms. The molecular weight excluding hydrogens is 390 g/mol. The van der Waals surface area contributed by atoms with Crippen LogP contribution in [0.2, 0.25) is 0 Å². The molecule has 29 heavy (non-hydrogen) atoms. The van der Waals surface area contributed by atoms with Crippen molar-refractivity contribution in [1.82, 2.24) is 4.90 Å². The van der Waals surface area contributed by atoms with Gasteiger partial charge in [0.15, 0.2) is 15.6 Å². The van der Waals surface area contributed by atoms with E-state index in [-0.39, 0.29) is 23.3 Å². The number of ketones is 1. The van der Waals surface area contributed by atoms with Gasteiger partial charge in [-0.15, -0.1) is 0 Å². The summed E-state index contributed by atoms with van der Waals surface area (Å²) in [5.41, 5.74) is 3.14. The minimum Gasteiger partial charge on any atom is -0.477 e. The summed E-state index contributed by atoms with van der Waals surface area (Å²) >= 11 is 0. The smallest absolute Gasteiger partial charge is 0.231 e. The van der Waals surface area contributed by atoms with Crippen molar-refractivity contribution in [2.24, 2.45) is 0 Å². The van der Waals surface area contributed by atoms with Crippen molar-refractivity contribution in [1.29, 1.82) is 0 Å². The Kier molecular flexibility index (Phi) is 4.26. The number of ether oxygens (including phenoxy) is 2. The van der Waals surface area contributed by atoms with Crippen molar-refractivity contribution in [2.75, 3.05) is 18.2 Å². The highest BCUT2D eigenvalue weighted by molar-refractivity contribution is 7.91. The summed E-state index contributed by atoms with van der Waals surface area (Å²) in [4.78, 5) is 15.0. The lowest BCUT2D eigenvalue weighted by Gasteiger charge is -2.33. The van der Waals surface area contributed by atoms with Crippen LogP contribution in [-0.4, -0.2) is 43.4 Å². The fourth-order valence-corrected chi connectivity index (χ4v) is 6.03. The summed E-state index contributed by atoms with van der Waals surface area (Å²) in [6.07, 6.45) is 2.37. The Bertz CT molecular complexity index is 1140. The van der Waals surface area contributed by atoms with Crippen LogP contribution >= 0.6 is 0 Å². The topological polar surface area (TPSA) is 72.9 Å². The predicted molar refractivity (Wildman–Crippen MR) is 109 cm³/mol. The van der Waals surface area contributed by atoms with Gasteiger partial charge in [0.05, 0.1) is 17.1 Å². The van der Waals surface area contributed by atoms with Gasteiger partial charge < -0.3 is 9.47 Å². The van der Waals surface area contributed by atoms with Crippen LogP contribution < -0.4 is 9.47 Å². The van der Waals surface area contributed by atoms with Crippen LogP contribution in [0.1, 0.15) is 33.5 Å². The van der Waals surface area contributed by atoms with Crippen molar-refractivity contribution < 1.29 is 22.7 Å². The van der Waals surface area contributed by atoms with Gasteiger partial charge >= 0.3 is 0 Å². The first-order valence-corrected chi connectivity index (χ1v) is 11.5. The van der Waals surface area contributed by atoms with Gasteiger partial charge in [-0.05, 0) is 31.1 Å². The Morgan fingerprint density at radius 1 is 1.17 bits per heavy atom. The van der Waals surface area contributed by atoms with Crippen molar-refractivity contribution in [3.05, 3.63) is 64.4 Å². The van der Waals surface area contributed by atoms with E-state index in [4.69, 9.17) is 9.47 Å². The van der Waals surface area contributed by atoms with Crippen molar-refractivity contribution in [3.8, 4) is 11.5 Å². The Labute approximate surface area is 169 Å². The maximum atomic E-state index is 12.9. The Morgan fingerprint density at radius 2 is 1.97 bits per heavy atom. The second kappa shape index (κ2) is 6.71. The zero-order valence-corrected chi connectivity index (χ0v) is 16.9. The fraction of sp³-hybridized carbons (Fsp3) is 0.318. The molecule has 0 N–H and O–H groups in total. The highest BCUT2D eigenvalue weighted by atomic mass is 32.2. The number of hydrogen-bond donors (Lipinski definition) is 0. The molecule has 1 fully saturated rings. The lowest BCUT2D eigenvalue weighted by atomic mass is 9.99. The molecule has 1 unspecified atom stereocenters. The number of sulfone groups is 1. The van der Waals surface area contributed by atoms with E-state index in [1.165, 1.54) is 0 Å². The van der Waals surface area contributed by atoms with E-state index in [9.17, 15) is 13.2 Å². The monoisotopic (exact) mass is 411 g/mol. The average Bonchev–Trinajstić information content (AvgIpc) is 3.23. The van der Waals surface area contributed by atoms with Crippen LogP contribution in [-0.2, 0) is 16.4 Å². The number of nitrogens with zero attached hydrogens (tertiary/aromatic N) is 1. The van der Waals surface area contributed by atoms with Gasteiger partial charge in [0.1, 0.15) is 18.2 Å². The predicted octanol–water partition coefficient (Wildman–Crippen LogP) is 2.95. The minimum absolute atomic E-state index is 0.0396. The lowest BCUT2D eigenvalue weighted by molar-refractivity contribution is 0.0637. The maximum absolute atomic E-state index is 12.9. The summed E-state index contributed by atoms with van der Waals surface area (Å²) in [5.74, 6) is 1.83. The first-order valence-electron chi connectivity index (χ1n) is 9.64. The normalized spacial score (nSPS) is 24.1. The number of rotatable bonds is 2. The second-order valence-electron chi connectivity index (χ2n) is 7.79. The molecule has 1 atom stereocenters. The van der Waals surface area contributed by atoms with Gasteiger partial charge in [0, 0.05) is 23.7 Å². The van der Waals surface area contributed by atoms with Crippen LogP contribution in [0, 0.1) is 6.92 Å². The molecule has 3 aliphatic heterocycles.